The molecule has 0 saturated carbocycles. The van der Waals surface area contributed by atoms with Crippen LogP contribution in [0.4, 0.5) is 8.78 Å². The van der Waals surface area contributed by atoms with Gasteiger partial charge in [0.15, 0.2) is 0 Å². The molecule has 0 atom stereocenters. The topological polar surface area (TPSA) is 50.2 Å². The maximum Gasteiger partial charge on any atom is 0.338 e. The molecule has 0 unspecified atom stereocenters. The molecular formula is C8H5BrF2INO2. The average Bonchev–Trinajstić information content (AvgIpc) is 2.16. The molecule has 82 valence electrons. The number of hydrogen-bond donors (Lipinski definition) is 1. The van der Waals surface area contributed by atoms with E-state index < -0.39 is 23.5 Å². The van der Waals surface area contributed by atoms with E-state index in [1.54, 1.807) is 22.6 Å². The number of aromatic carboxylic acids is 1. The Balaban J connectivity index is 3.51. The summed E-state index contributed by atoms with van der Waals surface area (Å²) in [5.41, 5.74) is -0.764. The number of nitrogens with zero attached hydrogens (tertiary/aromatic N) is 1. The summed E-state index contributed by atoms with van der Waals surface area (Å²) >= 11 is 4.66. The second kappa shape index (κ2) is 5.15. The second-order valence-electron chi connectivity index (χ2n) is 2.58. The van der Waals surface area contributed by atoms with Gasteiger partial charge in [-0.15, -0.1) is 0 Å². The molecule has 0 aliphatic carbocycles. The molecule has 0 fully saturated rings. The van der Waals surface area contributed by atoms with Gasteiger partial charge in [0, 0.05) is 20.7 Å². The van der Waals surface area contributed by atoms with E-state index in [1.165, 1.54) is 6.20 Å². The summed E-state index contributed by atoms with van der Waals surface area (Å²) in [4.78, 5) is 14.7. The van der Waals surface area contributed by atoms with Gasteiger partial charge in [0.05, 0.1) is 11.3 Å². The maximum atomic E-state index is 12.7. The number of carboxylic acids is 1. The number of halogens is 4. The Kier molecular flexibility index (Phi) is 4.38. The fraction of sp³-hybridized carbons (Fsp3) is 0.250. The minimum absolute atomic E-state index is 0.109. The van der Waals surface area contributed by atoms with Gasteiger partial charge in [0.1, 0.15) is 0 Å². The summed E-state index contributed by atoms with van der Waals surface area (Å²) in [5.74, 6) is -1.38. The number of alkyl halides is 3. The summed E-state index contributed by atoms with van der Waals surface area (Å²) in [5, 5.41) is 8.98. The van der Waals surface area contributed by atoms with Crippen molar-refractivity contribution in [3.63, 3.8) is 0 Å². The van der Waals surface area contributed by atoms with E-state index in [9.17, 15) is 13.6 Å². The fourth-order valence-electron chi connectivity index (χ4n) is 1.10. The van der Waals surface area contributed by atoms with Gasteiger partial charge in [-0.3, -0.25) is 4.98 Å². The molecule has 0 aromatic carbocycles. The number of carboxylic acid groups (broad SMARTS) is 1. The van der Waals surface area contributed by atoms with Crippen LogP contribution in [-0.2, 0) is 5.33 Å². The predicted molar refractivity (Wildman–Crippen MR) is 61.5 cm³/mol. The van der Waals surface area contributed by atoms with Crippen molar-refractivity contribution in [2.45, 2.75) is 11.8 Å². The molecule has 0 saturated heterocycles. The van der Waals surface area contributed by atoms with Gasteiger partial charge in [-0.25, -0.2) is 13.6 Å². The molecule has 0 radical (unpaired) electrons. The Hall–Kier alpha value is -0.310. The highest BCUT2D eigenvalue weighted by atomic mass is 127. The van der Waals surface area contributed by atoms with E-state index in [0.717, 1.165) is 0 Å². The third-order valence-corrected chi connectivity index (χ3v) is 3.10. The molecule has 15 heavy (non-hydrogen) atoms. The quantitative estimate of drug-likeness (QED) is 0.635. The van der Waals surface area contributed by atoms with Gasteiger partial charge >= 0.3 is 5.97 Å². The van der Waals surface area contributed by atoms with Gasteiger partial charge in [0.2, 0.25) is 0 Å². The summed E-state index contributed by atoms with van der Waals surface area (Å²) < 4.78 is 25.5. The van der Waals surface area contributed by atoms with E-state index >= 15 is 0 Å². The number of rotatable bonds is 3. The lowest BCUT2D eigenvalue weighted by Gasteiger charge is -2.10. The van der Waals surface area contributed by atoms with Crippen molar-refractivity contribution < 1.29 is 18.7 Å². The molecule has 0 spiro atoms. The van der Waals surface area contributed by atoms with Crippen LogP contribution in [-0.4, -0.2) is 16.1 Å². The molecule has 1 heterocycles. The highest BCUT2D eigenvalue weighted by Crippen LogP contribution is 2.29. The van der Waals surface area contributed by atoms with Crippen LogP contribution < -0.4 is 0 Å². The van der Waals surface area contributed by atoms with Crippen molar-refractivity contribution in [2.24, 2.45) is 0 Å². The van der Waals surface area contributed by atoms with Gasteiger partial charge < -0.3 is 5.11 Å². The van der Waals surface area contributed by atoms with Crippen LogP contribution in [0.1, 0.15) is 28.0 Å². The Morgan fingerprint density at radius 1 is 1.67 bits per heavy atom. The van der Waals surface area contributed by atoms with Crippen LogP contribution in [0.15, 0.2) is 6.20 Å². The van der Waals surface area contributed by atoms with Crippen molar-refractivity contribution in [3.8, 4) is 0 Å². The number of pyridine rings is 1. The summed E-state index contributed by atoms with van der Waals surface area (Å²) in [6, 6.07) is 0. The number of aromatic nitrogens is 1. The SMILES string of the molecule is O=C(O)c1c(CBr)ncc(I)c1C(F)F. The number of hydrogen-bond acceptors (Lipinski definition) is 2. The van der Waals surface area contributed by atoms with E-state index in [2.05, 4.69) is 20.9 Å². The first-order chi connectivity index (χ1) is 6.99. The molecule has 0 aliphatic heterocycles. The smallest absolute Gasteiger partial charge is 0.338 e. The molecular weight excluding hydrogens is 387 g/mol. The maximum absolute atomic E-state index is 12.7. The summed E-state index contributed by atoms with van der Waals surface area (Å²) in [6.45, 7) is 0. The van der Waals surface area contributed by atoms with Crippen LogP contribution in [0.3, 0.4) is 0 Å². The van der Waals surface area contributed by atoms with Crippen LogP contribution in [0, 0.1) is 3.57 Å². The zero-order chi connectivity index (χ0) is 11.6. The molecule has 1 aromatic rings. The summed E-state index contributed by atoms with van der Waals surface area (Å²) in [6.07, 6.45) is -1.57. The van der Waals surface area contributed by atoms with Crippen molar-refractivity contribution in [2.75, 3.05) is 0 Å². The third kappa shape index (κ3) is 2.63. The molecule has 3 nitrogen and oxygen atoms in total. The first-order valence-electron chi connectivity index (χ1n) is 3.73. The first-order valence-corrected chi connectivity index (χ1v) is 5.93. The molecule has 0 amide bonds. The lowest BCUT2D eigenvalue weighted by Crippen LogP contribution is -2.10. The molecule has 7 heteroatoms. The van der Waals surface area contributed by atoms with E-state index in [1.807, 2.05) is 0 Å². The van der Waals surface area contributed by atoms with Crippen LogP contribution in [0.25, 0.3) is 0 Å². The molecule has 0 bridgehead atoms. The molecule has 1 N–H and O–H groups in total. The van der Waals surface area contributed by atoms with Crippen molar-refractivity contribution in [3.05, 3.63) is 26.6 Å². The van der Waals surface area contributed by atoms with Crippen LogP contribution in [0.2, 0.25) is 0 Å². The van der Waals surface area contributed by atoms with E-state index in [0.29, 0.717) is 0 Å². The largest absolute Gasteiger partial charge is 0.478 e. The highest BCUT2D eigenvalue weighted by molar-refractivity contribution is 14.1. The first kappa shape index (κ1) is 12.8. The molecule has 1 aromatic heterocycles. The standard InChI is InChI=1S/C8H5BrF2INO2/c9-1-4-6(8(14)15)5(7(10)11)3(12)2-13-4/h2,7H,1H2,(H,14,15). The monoisotopic (exact) mass is 391 g/mol. The van der Waals surface area contributed by atoms with Crippen LogP contribution >= 0.6 is 38.5 Å². The van der Waals surface area contributed by atoms with E-state index in [-0.39, 0.29) is 14.6 Å². The van der Waals surface area contributed by atoms with Crippen molar-refractivity contribution in [1.29, 1.82) is 0 Å². The zero-order valence-electron chi connectivity index (χ0n) is 7.18. The zero-order valence-corrected chi connectivity index (χ0v) is 10.9. The van der Waals surface area contributed by atoms with Gasteiger partial charge in [-0.2, -0.15) is 0 Å². The molecule has 0 aliphatic rings. The lowest BCUT2D eigenvalue weighted by molar-refractivity contribution is 0.0682. The molecule has 1 rings (SSSR count). The normalized spacial score (nSPS) is 10.7. The van der Waals surface area contributed by atoms with Gasteiger partial charge in [-0.05, 0) is 22.6 Å². The Labute approximate surface area is 106 Å². The van der Waals surface area contributed by atoms with Crippen molar-refractivity contribution >= 4 is 44.5 Å². The predicted octanol–water partition coefficient (Wildman–Crippen LogP) is 3.22. The Bertz CT molecular complexity index is 400. The van der Waals surface area contributed by atoms with E-state index in [4.69, 9.17) is 5.11 Å². The lowest BCUT2D eigenvalue weighted by atomic mass is 10.1. The fourth-order valence-corrected chi connectivity index (χ4v) is 2.17. The van der Waals surface area contributed by atoms with Gasteiger partial charge in [-0.1, -0.05) is 15.9 Å². The average molecular weight is 392 g/mol. The number of carbonyl (C=O) groups is 1. The minimum atomic E-state index is -2.82. The van der Waals surface area contributed by atoms with Crippen molar-refractivity contribution in [1.82, 2.24) is 4.98 Å². The highest BCUT2D eigenvalue weighted by Gasteiger charge is 2.24. The second-order valence-corrected chi connectivity index (χ2v) is 4.30. The Morgan fingerprint density at radius 3 is 2.67 bits per heavy atom. The van der Waals surface area contributed by atoms with Gasteiger partial charge in [0.25, 0.3) is 6.43 Å². The Morgan fingerprint density at radius 2 is 2.27 bits per heavy atom. The minimum Gasteiger partial charge on any atom is -0.478 e. The third-order valence-electron chi connectivity index (χ3n) is 1.71. The summed E-state index contributed by atoms with van der Waals surface area (Å²) in [7, 11) is 0. The van der Waals surface area contributed by atoms with Crippen LogP contribution in [0.5, 0.6) is 0 Å².